The van der Waals surface area contributed by atoms with Gasteiger partial charge in [-0.3, -0.25) is 4.79 Å². The first-order valence-corrected chi connectivity index (χ1v) is 14.8. The van der Waals surface area contributed by atoms with Gasteiger partial charge in [-0.1, -0.05) is 70.1 Å². The summed E-state index contributed by atoms with van der Waals surface area (Å²) in [5.41, 5.74) is 3.31. The fourth-order valence-corrected chi connectivity index (χ4v) is 4.27. The third-order valence-electron chi connectivity index (χ3n) is 6.65. The summed E-state index contributed by atoms with van der Waals surface area (Å²) in [5, 5.41) is 0.901. The molecule has 2 rings (SSSR count). The molecule has 0 saturated carbocycles. The zero-order chi connectivity index (χ0) is 27.8. The number of nitrogens with zero attached hydrogens (tertiary/aromatic N) is 1. The van der Waals surface area contributed by atoms with Gasteiger partial charge in [0, 0.05) is 18.0 Å². The fourth-order valence-electron chi connectivity index (χ4n) is 4.27. The Bertz CT molecular complexity index is 1090. The number of ether oxygens (including phenoxy) is 3. The second-order valence-electron chi connectivity index (χ2n) is 10.4. The summed E-state index contributed by atoms with van der Waals surface area (Å²) in [7, 11) is 0. The van der Waals surface area contributed by atoms with Crippen LogP contribution in [-0.2, 0) is 6.54 Å². The predicted octanol–water partition coefficient (Wildman–Crippen LogP) is 9.01. The lowest BCUT2D eigenvalue weighted by Crippen LogP contribution is -2.24. The van der Waals surface area contributed by atoms with E-state index in [2.05, 4.69) is 53.7 Å². The fraction of sp³-hybridized carbons (Fsp3) is 0.606. The van der Waals surface area contributed by atoms with Crippen LogP contribution in [0.3, 0.4) is 0 Å². The summed E-state index contributed by atoms with van der Waals surface area (Å²) in [4.78, 5) is 13.8. The van der Waals surface area contributed by atoms with Crippen molar-refractivity contribution in [2.24, 2.45) is 0 Å². The van der Waals surface area contributed by atoms with E-state index in [4.69, 9.17) is 14.2 Å². The third kappa shape index (κ3) is 10.2. The predicted molar refractivity (Wildman–Crippen MR) is 161 cm³/mol. The van der Waals surface area contributed by atoms with Crippen molar-refractivity contribution in [2.75, 3.05) is 19.8 Å². The topological polar surface area (TPSA) is 49.7 Å². The average Bonchev–Trinajstić information content (AvgIpc) is 2.89. The molecule has 0 radical (unpaired) electrons. The number of unbranched alkanes of at least 4 members (excludes halogenated alkanes) is 5. The number of aromatic nitrogens is 1. The molecule has 0 atom stereocenters. The van der Waals surface area contributed by atoms with Crippen LogP contribution in [0.1, 0.15) is 106 Å². The number of allylic oxidation sites excluding steroid dienone is 3. The lowest BCUT2D eigenvalue weighted by molar-refractivity contribution is 0.275. The summed E-state index contributed by atoms with van der Waals surface area (Å²) in [6.07, 6.45) is 14.7. The molecule has 5 nitrogen and oxygen atoms in total. The van der Waals surface area contributed by atoms with Gasteiger partial charge in [0.05, 0.1) is 18.7 Å². The van der Waals surface area contributed by atoms with Crippen molar-refractivity contribution < 1.29 is 14.2 Å². The number of pyridine rings is 1. The minimum Gasteiger partial charge on any atom is -0.494 e. The van der Waals surface area contributed by atoms with Crippen molar-refractivity contribution in [3.63, 3.8) is 0 Å². The molecule has 0 aliphatic heterocycles. The molecule has 38 heavy (non-hydrogen) atoms. The van der Waals surface area contributed by atoms with Gasteiger partial charge in [-0.2, -0.15) is 0 Å². The van der Waals surface area contributed by atoms with Crippen LogP contribution in [0.4, 0.5) is 0 Å². The van der Waals surface area contributed by atoms with E-state index >= 15 is 0 Å². The van der Waals surface area contributed by atoms with Crippen LogP contribution >= 0.6 is 0 Å². The molecule has 212 valence electrons. The molecule has 5 heteroatoms. The second kappa shape index (κ2) is 17.8. The smallest absolute Gasteiger partial charge is 0.297 e. The summed E-state index contributed by atoms with van der Waals surface area (Å²) >= 11 is 0. The first-order valence-electron chi connectivity index (χ1n) is 14.8. The van der Waals surface area contributed by atoms with Gasteiger partial charge in [0.1, 0.15) is 12.4 Å². The Morgan fingerprint density at radius 1 is 0.816 bits per heavy atom. The van der Waals surface area contributed by atoms with Gasteiger partial charge >= 0.3 is 0 Å². The maximum absolute atomic E-state index is 13.8. The minimum absolute atomic E-state index is 0.129. The lowest BCUT2D eigenvalue weighted by atomic mass is 10.1. The number of hydrogen-bond donors (Lipinski definition) is 0. The molecule has 0 unspecified atom stereocenters. The average molecular weight is 526 g/mol. The monoisotopic (exact) mass is 525 g/mol. The van der Waals surface area contributed by atoms with E-state index in [0.29, 0.717) is 37.9 Å². The molecule has 0 bridgehead atoms. The van der Waals surface area contributed by atoms with E-state index in [1.807, 2.05) is 22.8 Å². The molecule has 0 amide bonds. The Morgan fingerprint density at radius 3 is 2.26 bits per heavy atom. The summed E-state index contributed by atoms with van der Waals surface area (Å²) < 4.78 is 20.3. The van der Waals surface area contributed by atoms with Crippen molar-refractivity contribution in [3.8, 4) is 17.2 Å². The number of fused-ring (bicyclic) bond motifs is 1. The molecule has 0 fully saturated rings. The summed E-state index contributed by atoms with van der Waals surface area (Å²) in [5.74, 6) is 1.66. The van der Waals surface area contributed by atoms with Gasteiger partial charge in [0.25, 0.3) is 5.56 Å². The number of rotatable bonds is 19. The molecule has 1 heterocycles. The summed E-state index contributed by atoms with van der Waals surface area (Å²) in [6, 6.07) is 5.99. The number of benzene rings is 1. The molecule has 2 aromatic rings. The molecule has 0 aliphatic rings. The highest BCUT2D eigenvalue weighted by molar-refractivity contribution is 5.89. The first-order chi connectivity index (χ1) is 18.4. The Kier molecular flexibility index (Phi) is 14.7. The highest BCUT2D eigenvalue weighted by atomic mass is 16.5. The highest BCUT2D eigenvalue weighted by Crippen LogP contribution is 2.35. The Morgan fingerprint density at radius 2 is 1.55 bits per heavy atom. The van der Waals surface area contributed by atoms with Gasteiger partial charge in [-0.25, -0.2) is 0 Å². The first kappa shape index (κ1) is 31.5. The molecule has 0 aliphatic carbocycles. The maximum Gasteiger partial charge on any atom is 0.297 e. The molecule has 0 N–H and O–H groups in total. The van der Waals surface area contributed by atoms with Crippen molar-refractivity contribution in [1.29, 1.82) is 0 Å². The third-order valence-corrected chi connectivity index (χ3v) is 6.65. The Hall–Kier alpha value is -2.69. The molecular formula is C33H51NO4. The van der Waals surface area contributed by atoms with E-state index < -0.39 is 0 Å². The quantitative estimate of drug-likeness (QED) is 0.136. The normalized spacial score (nSPS) is 11.6. The van der Waals surface area contributed by atoms with Gasteiger partial charge < -0.3 is 18.8 Å². The van der Waals surface area contributed by atoms with E-state index in [1.165, 1.54) is 24.0 Å². The van der Waals surface area contributed by atoms with Crippen molar-refractivity contribution >= 4 is 10.9 Å². The van der Waals surface area contributed by atoms with Crippen LogP contribution in [0.2, 0.25) is 0 Å². The molecule has 0 spiro atoms. The van der Waals surface area contributed by atoms with Crippen LogP contribution in [0.5, 0.6) is 17.2 Å². The SMILES string of the molecule is CCCCCCOc1c(OC/C=C(\C)CCC=C(C)C)c(=O)n(CCCC)c2cc(OCCCC)ccc12. The molecule has 0 saturated heterocycles. The van der Waals surface area contributed by atoms with Crippen LogP contribution in [0.25, 0.3) is 10.9 Å². The molecule has 1 aromatic heterocycles. The van der Waals surface area contributed by atoms with E-state index in [-0.39, 0.29) is 5.56 Å². The standard InChI is InChI=1S/C33H51NO4/c1-7-10-13-14-23-37-31-29-19-18-28(36-22-12-9-3)25-30(29)34(21-11-8-2)33(35)32(31)38-24-20-27(6)17-15-16-26(4)5/h16,18-20,25H,7-15,17,21-24H2,1-6H3/b27-20+. The van der Waals surface area contributed by atoms with Gasteiger partial charge in [0.2, 0.25) is 5.75 Å². The zero-order valence-electron chi connectivity index (χ0n) is 24.9. The number of aryl methyl sites for hydroxylation is 1. The van der Waals surface area contributed by atoms with Crippen LogP contribution in [0.15, 0.2) is 46.3 Å². The number of hydrogen-bond acceptors (Lipinski definition) is 4. The summed E-state index contributed by atoms with van der Waals surface area (Å²) in [6.45, 7) is 15.1. The van der Waals surface area contributed by atoms with Crippen LogP contribution in [0, 0.1) is 0 Å². The minimum atomic E-state index is -0.129. The van der Waals surface area contributed by atoms with Crippen molar-refractivity contribution in [2.45, 2.75) is 112 Å². The van der Waals surface area contributed by atoms with E-state index in [1.54, 1.807) is 0 Å². The van der Waals surface area contributed by atoms with E-state index in [0.717, 1.165) is 68.0 Å². The second-order valence-corrected chi connectivity index (χ2v) is 10.4. The van der Waals surface area contributed by atoms with Crippen LogP contribution in [-0.4, -0.2) is 24.4 Å². The van der Waals surface area contributed by atoms with Gasteiger partial charge in [-0.05, 0) is 71.1 Å². The van der Waals surface area contributed by atoms with E-state index in [9.17, 15) is 4.79 Å². The Labute approximate surface area is 230 Å². The lowest BCUT2D eigenvalue weighted by Gasteiger charge is -2.19. The van der Waals surface area contributed by atoms with Crippen molar-refractivity contribution in [3.05, 3.63) is 51.9 Å². The van der Waals surface area contributed by atoms with Gasteiger partial charge in [0.15, 0.2) is 5.75 Å². The van der Waals surface area contributed by atoms with Gasteiger partial charge in [-0.15, -0.1) is 0 Å². The van der Waals surface area contributed by atoms with Crippen LogP contribution < -0.4 is 19.8 Å². The maximum atomic E-state index is 13.8. The molecule has 1 aromatic carbocycles. The van der Waals surface area contributed by atoms with Crippen molar-refractivity contribution in [1.82, 2.24) is 4.57 Å². The Balaban J connectivity index is 2.45. The molecular weight excluding hydrogens is 474 g/mol. The highest BCUT2D eigenvalue weighted by Gasteiger charge is 2.20. The largest absolute Gasteiger partial charge is 0.494 e. The zero-order valence-corrected chi connectivity index (χ0v) is 24.9.